The second-order valence-corrected chi connectivity index (χ2v) is 15.3. The van der Waals surface area contributed by atoms with Crippen LogP contribution >= 0.6 is 7.82 Å². The van der Waals surface area contributed by atoms with E-state index in [-0.39, 0.29) is 19.4 Å². The molecule has 0 aliphatic carbocycles. The molecule has 4 N–H and O–H groups in total. The van der Waals surface area contributed by atoms with Gasteiger partial charge in [-0.15, -0.1) is 0 Å². The summed E-state index contributed by atoms with van der Waals surface area (Å²) in [4.78, 5) is 42.7. The summed E-state index contributed by atoms with van der Waals surface area (Å²) in [5.74, 6) is -0.195. The standard InChI is InChI=1S/C38H73O10P/c1-4-5-6-7-17-22-27-35(39)36(40)28-23-18-15-20-24-29-37(41)46-31-34(32-47-49(43,44)45)48-38(42)30-25-19-14-12-10-8-9-11-13-16-21-26-33(2)3/h17,22,33-36,39-40H,4-16,18-21,23-32H2,1-3H3,(H2,43,44,45)/b22-17-/t34-,35-,36-/m1/s1. The third-order valence-electron chi connectivity index (χ3n) is 8.66. The first kappa shape index (κ1) is 47.7. The molecular formula is C38H73O10P. The highest BCUT2D eigenvalue weighted by atomic mass is 31.2. The Morgan fingerprint density at radius 1 is 0.633 bits per heavy atom. The van der Waals surface area contributed by atoms with E-state index in [1.165, 1.54) is 64.2 Å². The highest BCUT2D eigenvalue weighted by molar-refractivity contribution is 7.46. The van der Waals surface area contributed by atoms with E-state index in [1.54, 1.807) is 0 Å². The number of allylic oxidation sites excluding steroid dienone is 1. The lowest BCUT2D eigenvalue weighted by molar-refractivity contribution is -0.161. The fourth-order valence-electron chi connectivity index (χ4n) is 5.58. The van der Waals surface area contributed by atoms with Gasteiger partial charge in [0.05, 0.1) is 18.8 Å². The van der Waals surface area contributed by atoms with Crippen LogP contribution in [-0.2, 0) is 28.2 Å². The van der Waals surface area contributed by atoms with E-state index >= 15 is 0 Å². The van der Waals surface area contributed by atoms with Crippen LogP contribution < -0.4 is 0 Å². The third-order valence-corrected chi connectivity index (χ3v) is 9.15. The Bertz CT molecular complexity index is 859. The van der Waals surface area contributed by atoms with E-state index in [2.05, 4.69) is 31.4 Å². The average molecular weight is 721 g/mol. The number of ether oxygens (including phenoxy) is 2. The molecule has 0 spiro atoms. The number of unbranched alkanes of at least 4 members (excludes halogenated alkanes) is 17. The van der Waals surface area contributed by atoms with Gasteiger partial charge >= 0.3 is 19.8 Å². The molecule has 0 amide bonds. The minimum atomic E-state index is -4.78. The summed E-state index contributed by atoms with van der Waals surface area (Å²) < 4.78 is 26.2. The second kappa shape index (κ2) is 32.6. The number of rotatable bonds is 35. The van der Waals surface area contributed by atoms with E-state index in [1.807, 2.05) is 6.08 Å². The lowest BCUT2D eigenvalue weighted by atomic mass is 10.0. The Kier molecular flexibility index (Phi) is 31.7. The van der Waals surface area contributed by atoms with Crippen molar-refractivity contribution in [3.8, 4) is 0 Å². The van der Waals surface area contributed by atoms with Gasteiger partial charge in [-0.1, -0.05) is 142 Å². The Hall–Kier alpha value is -1.29. The maximum absolute atomic E-state index is 12.4. The van der Waals surface area contributed by atoms with Gasteiger partial charge in [-0.3, -0.25) is 14.1 Å². The molecule has 0 rings (SSSR count). The number of esters is 2. The van der Waals surface area contributed by atoms with Gasteiger partial charge in [0, 0.05) is 12.8 Å². The van der Waals surface area contributed by atoms with Crippen molar-refractivity contribution in [1.82, 2.24) is 0 Å². The molecule has 0 unspecified atom stereocenters. The number of carbonyl (C=O) groups is 2. The van der Waals surface area contributed by atoms with Crippen LogP contribution in [0.1, 0.15) is 181 Å². The lowest BCUT2D eigenvalue weighted by Crippen LogP contribution is -2.29. The molecule has 0 saturated carbocycles. The molecule has 3 atom stereocenters. The van der Waals surface area contributed by atoms with E-state index in [0.29, 0.717) is 25.7 Å². The van der Waals surface area contributed by atoms with Gasteiger partial charge in [0.2, 0.25) is 0 Å². The van der Waals surface area contributed by atoms with Gasteiger partial charge in [0.25, 0.3) is 0 Å². The molecule has 0 fully saturated rings. The molecule has 0 aliphatic heterocycles. The molecule has 0 aliphatic rings. The quantitative estimate of drug-likeness (QED) is 0.0215. The minimum Gasteiger partial charge on any atom is -0.462 e. The van der Waals surface area contributed by atoms with Crippen molar-refractivity contribution in [2.24, 2.45) is 5.92 Å². The first-order valence-electron chi connectivity index (χ1n) is 19.5. The number of aliphatic hydroxyl groups excluding tert-OH is 2. The lowest BCUT2D eigenvalue weighted by Gasteiger charge is -2.18. The van der Waals surface area contributed by atoms with Crippen LogP contribution in [0, 0.1) is 5.92 Å². The highest BCUT2D eigenvalue weighted by Crippen LogP contribution is 2.36. The number of hydrogen-bond donors (Lipinski definition) is 4. The van der Waals surface area contributed by atoms with Gasteiger partial charge in [-0.25, -0.2) is 4.57 Å². The number of carbonyl (C=O) groups excluding carboxylic acids is 2. The summed E-state index contributed by atoms with van der Waals surface area (Å²) >= 11 is 0. The Morgan fingerprint density at radius 2 is 1.14 bits per heavy atom. The monoisotopic (exact) mass is 720 g/mol. The molecule has 0 radical (unpaired) electrons. The summed E-state index contributed by atoms with van der Waals surface area (Å²) in [7, 11) is -4.78. The predicted octanol–water partition coefficient (Wildman–Crippen LogP) is 9.26. The molecule has 0 aromatic carbocycles. The maximum Gasteiger partial charge on any atom is 0.469 e. The van der Waals surface area contributed by atoms with Gasteiger partial charge in [0.15, 0.2) is 6.10 Å². The zero-order valence-electron chi connectivity index (χ0n) is 31.2. The molecule has 0 saturated heterocycles. The summed E-state index contributed by atoms with van der Waals surface area (Å²) in [6, 6.07) is 0. The Balaban J connectivity index is 4.06. The Morgan fingerprint density at radius 3 is 1.67 bits per heavy atom. The van der Waals surface area contributed by atoms with Crippen molar-refractivity contribution in [1.29, 1.82) is 0 Å². The summed E-state index contributed by atoms with van der Waals surface area (Å²) in [6.07, 6.45) is 25.4. The first-order chi connectivity index (χ1) is 23.4. The normalized spacial score (nSPS) is 14.0. The highest BCUT2D eigenvalue weighted by Gasteiger charge is 2.23. The molecule has 11 heteroatoms. The number of hydrogen-bond acceptors (Lipinski definition) is 8. The van der Waals surface area contributed by atoms with Crippen LogP contribution in [0.2, 0.25) is 0 Å². The van der Waals surface area contributed by atoms with E-state index < -0.39 is 44.7 Å². The van der Waals surface area contributed by atoms with Crippen LogP contribution in [0.15, 0.2) is 12.2 Å². The molecule has 0 heterocycles. The molecular weight excluding hydrogens is 647 g/mol. The van der Waals surface area contributed by atoms with Gasteiger partial charge < -0.3 is 29.5 Å². The first-order valence-corrected chi connectivity index (χ1v) is 21.0. The van der Waals surface area contributed by atoms with Crippen LogP contribution in [0.3, 0.4) is 0 Å². The van der Waals surface area contributed by atoms with Crippen molar-refractivity contribution in [2.75, 3.05) is 13.2 Å². The van der Waals surface area contributed by atoms with Crippen LogP contribution in [0.5, 0.6) is 0 Å². The average Bonchev–Trinajstić information content (AvgIpc) is 3.04. The van der Waals surface area contributed by atoms with Crippen LogP contribution in [0.4, 0.5) is 0 Å². The van der Waals surface area contributed by atoms with Crippen LogP contribution in [0.25, 0.3) is 0 Å². The molecule has 0 aromatic rings. The molecule has 49 heavy (non-hydrogen) atoms. The van der Waals surface area contributed by atoms with Crippen molar-refractivity contribution in [2.45, 2.75) is 200 Å². The van der Waals surface area contributed by atoms with E-state index in [4.69, 9.17) is 19.3 Å². The molecule has 290 valence electrons. The van der Waals surface area contributed by atoms with Gasteiger partial charge in [0.1, 0.15) is 6.61 Å². The molecule has 0 bridgehead atoms. The van der Waals surface area contributed by atoms with E-state index in [0.717, 1.165) is 63.7 Å². The second-order valence-electron chi connectivity index (χ2n) is 14.0. The Labute approximate surface area is 298 Å². The zero-order valence-corrected chi connectivity index (χ0v) is 32.1. The van der Waals surface area contributed by atoms with Gasteiger partial charge in [-0.2, -0.15) is 0 Å². The number of aliphatic hydroxyl groups is 2. The fourth-order valence-corrected chi connectivity index (χ4v) is 5.94. The van der Waals surface area contributed by atoms with Crippen LogP contribution in [-0.4, -0.2) is 63.5 Å². The van der Waals surface area contributed by atoms with Crippen molar-refractivity contribution < 1.29 is 48.2 Å². The SMILES string of the molecule is CCCCC/C=C\C[C@@H](O)[C@H](O)CCCCCCCC(=O)OC[C@H](COP(=O)(O)O)OC(=O)CCCCCCCCCCCCCC(C)C. The summed E-state index contributed by atoms with van der Waals surface area (Å²) in [6.45, 7) is 5.80. The van der Waals surface area contributed by atoms with Crippen molar-refractivity contribution in [3.05, 3.63) is 12.2 Å². The molecule has 0 aromatic heterocycles. The summed E-state index contributed by atoms with van der Waals surface area (Å²) in [5.41, 5.74) is 0. The minimum absolute atomic E-state index is 0.171. The topological polar surface area (TPSA) is 160 Å². The summed E-state index contributed by atoms with van der Waals surface area (Å²) in [5, 5.41) is 20.3. The zero-order chi connectivity index (χ0) is 36.6. The smallest absolute Gasteiger partial charge is 0.462 e. The van der Waals surface area contributed by atoms with Crippen molar-refractivity contribution >= 4 is 19.8 Å². The number of phosphoric acid groups is 1. The van der Waals surface area contributed by atoms with E-state index in [9.17, 15) is 24.4 Å². The number of phosphoric ester groups is 1. The largest absolute Gasteiger partial charge is 0.469 e. The maximum atomic E-state index is 12.4. The predicted molar refractivity (Wildman–Crippen MR) is 196 cm³/mol. The molecule has 10 nitrogen and oxygen atoms in total. The third kappa shape index (κ3) is 34.9. The fraction of sp³-hybridized carbons (Fsp3) is 0.895. The van der Waals surface area contributed by atoms with Crippen molar-refractivity contribution in [3.63, 3.8) is 0 Å². The van der Waals surface area contributed by atoms with Gasteiger partial charge in [-0.05, 0) is 44.4 Å².